The predicted octanol–water partition coefficient (Wildman–Crippen LogP) is 4.71. The molecule has 0 bridgehead atoms. The number of nitrogens with zero attached hydrogens (tertiary/aromatic N) is 1. The first kappa shape index (κ1) is 19.2. The summed E-state index contributed by atoms with van der Waals surface area (Å²) >= 11 is 0. The smallest absolute Gasteiger partial charge is 0.338 e. The molecule has 0 aromatic rings. The van der Waals surface area contributed by atoms with E-state index in [4.69, 9.17) is 19.2 Å². The molecule has 2 atom stereocenters. The molecule has 27 heavy (non-hydrogen) atoms. The number of carbonyl (C=O) groups excluding carboxylic acids is 1. The molecular formula is C22H35NO4. The molecule has 0 aromatic heterocycles. The highest BCUT2D eigenvalue weighted by molar-refractivity contribution is 5.93. The molecule has 0 radical (unpaired) electrons. The van der Waals surface area contributed by atoms with E-state index in [2.05, 4.69) is 0 Å². The molecule has 3 aliphatic carbocycles. The van der Waals surface area contributed by atoms with Crippen molar-refractivity contribution in [3.8, 4) is 0 Å². The van der Waals surface area contributed by atoms with Crippen LogP contribution in [0.1, 0.15) is 96.3 Å². The van der Waals surface area contributed by atoms with E-state index in [1.165, 1.54) is 44.9 Å². The zero-order valence-electron chi connectivity index (χ0n) is 16.6. The Balaban J connectivity index is 1.36. The minimum atomic E-state index is -0.502. The van der Waals surface area contributed by atoms with E-state index in [0.29, 0.717) is 11.9 Å². The van der Waals surface area contributed by atoms with Gasteiger partial charge in [0.05, 0.1) is 6.04 Å². The highest BCUT2D eigenvalue weighted by Gasteiger charge is 2.52. The van der Waals surface area contributed by atoms with E-state index in [1.807, 2.05) is 0 Å². The summed E-state index contributed by atoms with van der Waals surface area (Å²) in [6, 6.07) is 0.330. The van der Waals surface area contributed by atoms with Crippen LogP contribution in [-0.4, -0.2) is 42.3 Å². The van der Waals surface area contributed by atoms with E-state index in [1.54, 1.807) is 0 Å². The van der Waals surface area contributed by atoms with Crippen molar-refractivity contribution in [3.05, 3.63) is 0 Å². The van der Waals surface area contributed by atoms with E-state index < -0.39 is 6.10 Å². The van der Waals surface area contributed by atoms with Crippen molar-refractivity contribution in [1.82, 2.24) is 0 Å². The summed E-state index contributed by atoms with van der Waals surface area (Å²) < 4.78 is 17.7. The largest absolute Gasteiger partial charge is 0.476 e. The minimum absolute atomic E-state index is 0.0779. The van der Waals surface area contributed by atoms with Crippen LogP contribution in [0.2, 0.25) is 0 Å². The molecule has 2 unspecified atom stereocenters. The SMILES string of the molecule is O=C(OC1CCCCC1)C1OC1C(=NC1CCCCC1)OC1CCCCC1. The molecular weight excluding hydrogens is 342 g/mol. The van der Waals surface area contributed by atoms with Crippen molar-refractivity contribution in [3.63, 3.8) is 0 Å². The fourth-order valence-electron chi connectivity index (χ4n) is 4.81. The molecule has 0 spiro atoms. The van der Waals surface area contributed by atoms with Crippen LogP contribution in [0.4, 0.5) is 0 Å². The van der Waals surface area contributed by atoms with E-state index in [9.17, 15) is 4.79 Å². The van der Waals surface area contributed by atoms with E-state index in [0.717, 1.165) is 51.4 Å². The highest BCUT2D eigenvalue weighted by atomic mass is 16.7. The van der Waals surface area contributed by atoms with Gasteiger partial charge in [-0.05, 0) is 64.2 Å². The van der Waals surface area contributed by atoms with Gasteiger partial charge in [0, 0.05) is 0 Å². The monoisotopic (exact) mass is 377 g/mol. The average Bonchev–Trinajstić information content (AvgIpc) is 3.51. The van der Waals surface area contributed by atoms with Crippen LogP contribution in [0, 0.1) is 0 Å². The maximum Gasteiger partial charge on any atom is 0.338 e. The Morgan fingerprint density at radius 1 is 0.667 bits per heavy atom. The first-order valence-electron chi connectivity index (χ1n) is 11.4. The van der Waals surface area contributed by atoms with Crippen LogP contribution in [0.5, 0.6) is 0 Å². The molecule has 4 aliphatic rings. The maximum absolute atomic E-state index is 12.5. The van der Waals surface area contributed by atoms with Gasteiger partial charge in [0.15, 0.2) is 12.2 Å². The standard InChI is InChI=1S/C22H35NO4/c24-22(26-18-14-8-3-9-15-18)20-19(27-20)21(23-16-10-4-1-5-11-16)25-17-12-6-2-7-13-17/h16-20H,1-15H2. The lowest BCUT2D eigenvalue weighted by molar-refractivity contribution is -0.151. The van der Waals surface area contributed by atoms with E-state index in [-0.39, 0.29) is 24.3 Å². The van der Waals surface area contributed by atoms with Gasteiger partial charge in [0.1, 0.15) is 12.2 Å². The Labute approximate surface area is 163 Å². The molecule has 5 nitrogen and oxygen atoms in total. The molecule has 0 N–H and O–H groups in total. The summed E-state index contributed by atoms with van der Waals surface area (Å²) in [5.74, 6) is 0.467. The van der Waals surface area contributed by atoms with Gasteiger partial charge in [-0.1, -0.05) is 32.1 Å². The molecule has 5 heteroatoms. The molecule has 152 valence electrons. The fourth-order valence-corrected chi connectivity index (χ4v) is 4.81. The highest BCUT2D eigenvalue weighted by Crippen LogP contribution is 2.32. The van der Waals surface area contributed by atoms with Gasteiger partial charge in [0.2, 0.25) is 5.90 Å². The third-order valence-electron chi connectivity index (χ3n) is 6.53. The van der Waals surface area contributed by atoms with Crippen molar-refractivity contribution in [2.45, 2.75) is 127 Å². The number of rotatable bonds is 5. The van der Waals surface area contributed by atoms with Crippen LogP contribution in [-0.2, 0) is 19.0 Å². The van der Waals surface area contributed by atoms with Crippen LogP contribution >= 0.6 is 0 Å². The molecule has 0 aromatic carbocycles. The minimum Gasteiger partial charge on any atom is -0.476 e. The second-order valence-corrected chi connectivity index (χ2v) is 8.81. The average molecular weight is 378 g/mol. The summed E-state index contributed by atoms with van der Waals surface area (Å²) in [6.07, 6.45) is 17.0. The zero-order chi connectivity index (χ0) is 18.5. The molecule has 4 fully saturated rings. The first-order chi connectivity index (χ1) is 13.3. The predicted molar refractivity (Wildman–Crippen MR) is 104 cm³/mol. The Hall–Kier alpha value is -1.10. The number of aliphatic imine (C=N–C) groups is 1. The molecule has 3 saturated carbocycles. The van der Waals surface area contributed by atoms with Gasteiger partial charge in [-0.15, -0.1) is 0 Å². The third kappa shape index (κ3) is 5.46. The second-order valence-electron chi connectivity index (χ2n) is 8.81. The second kappa shape index (κ2) is 9.40. The number of epoxide rings is 1. The number of hydrogen-bond acceptors (Lipinski definition) is 5. The Morgan fingerprint density at radius 2 is 1.19 bits per heavy atom. The van der Waals surface area contributed by atoms with Gasteiger partial charge in [-0.3, -0.25) is 0 Å². The van der Waals surface area contributed by atoms with Gasteiger partial charge >= 0.3 is 5.97 Å². The van der Waals surface area contributed by atoms with Gasteiger partial charge in [-0.2, -0.15) is 0 Å². The third-order valence-corrected chi connectivity index (χ3v) is 6.53. The van der Waals surface area contributed by atoms with Crippen molar-refractivity contribution in [2.24, 2.45) is 4.99 Å². The lowest BCUT2D eigenvalue weighted by Gasteiger charge is -2.25. The quantitative estimate of drug-likeness (QED) is 0.301. The number of hydrogen-bond donors (Lipinski definition) is 0. The Bertz CT molecular complexity index is 516. The van der Waals surface area contributed by atoms with Crippen molar-refractivity contribution >= 4 is 11.9 Å². The van der Waals surface area contributed by atoms with Crippen LogP contribution in [0.3, 0.4) is 0 Å². The van der Waals surface area contributed by atoms with Gasteiger partial charge in [0.25, 0.3) is 0 Å². The van der Waals surface area contributed by atoms with Crippen LogP contribution in [0.25, 0.3) is 0 Å². The summed E-state index contributed by atoms with van der Waals surface area (Å²) in [6.45, 7) is 0. The molecule has 1 saturated heterocycles. The van der Waals surface area contributed by atoms with Crippen LogP contribution in [0.15, 0.2) is 4.99 Å². The molecule has 1 heterocycles. The lowest BCUT2D eigenvalue weighted by Crippen LogP contribution is -2.30. The molecule has 0 amide bonds. The topological polar surface area (TPSA) is 60.4 Å². The van der Waals surface area contributed by atoms with Crippen molar-refractivity contribution < 1.29 is 19.0 Å². The maximum atomic E-state index is 12.5. The fraction of sp³-hybridized carbons (Fsp3) is 0.909. The van der Waals surface area contributed by atoms with Crippen molar-refractivity contribution in [1.29, 1.82) is 0 Å². The lowest BCUT2D eigenvalue weighted by atomic mass is 9.96. The van der Waals surface area contributed by atoms with Gasteiger partial charge in [-0.25, -0.2) is 9.79 Å². The summed E-state index contributed by atoms with van der Waals surface area (Å²) in [5.41, 5.74) is 0. The van der Waals surface area contributed by atoms with Gasteiger partial charge < -0.3 is 14.2 Å². The molecule has 4 rings (SSSR count). The summed E-state index contributed by atoms with van der Waals surface area (Å²) in [5, 5.41) is 0. The number of carbonyl (C=O) groups is 1. The van der Waals surface area contributed by atoms with E-state index >= 15 is 0 Å². The van der Waals surface area contributed by atoms with Crippen LogP contribution < -0.4 is 0 Å². The summed E-state index contributed by atoms with van der Waals surface area (Å²) in [7, 11) is 0. The summed E-state index contributed by atoms with van der Waals surface area (Å²) in [4.78, 5) is 17.4. The molecule has 1 aliphatic heterocycles. The normalized spacial score (nSPS) is 31.5. The van der Waals surface area contributed by atoms with Crippen molar-refractivity contribution in [2.75, 3.05) is 0 Å². The number of ether oxygens (including phenoxy) is 3. The Kier molecular flexibility index (Phi) is 6.69. The Morgan fingerprint density at radius 3 is 1.78 bits per heavy atom. The zero-order valence-corrected chi connectivity index (χ0v) is 16.6. The first-order valence-corrected chi connectivity index (χ1v) is 11.4. The number of esters is 1.